The molecule has 0 bridgehead atoms. The van der Waals surface area contributed by atoms with Gasteiger partial charge in [0.2, 0.25) is 0 Å². The van der Waals surface area contributed by atoms with Crippen molar-refractivity contribution in [3.05, 3.63) is 29.3 Å². The van der Waals surface area contributed by atoms with Gasteiger partial charge in [-0.2, -0.15) is 5.26 Å². The lowest BCUT2D eigenvalue weighted by atomic mass is 10.1. The molecule has 0 radical (unpaired) electrons. The van der Waals surface area contributed by atoms with Crippen molar-refractivity contribution in [2.24, 2.45) is 0 Å². The van der Waals surface area contributed by atoms with Gasteiger partial charge in [-0.3, -0.25) is 0 Å². The zero-order valence-electron chi connectivity index (χ0n) is 10.5. The topological polar surface area (TPSA) is 30.3 Å². The molecule has 0 N–H and O–H groups in total. The van der Waals surface area contributed by atoms with Gasteiger partial charge in [0, 0.05) is 20.1 Å². The zero-order valence-corrected chi connectivity index (χ0v) is 10.5. The van der Waals surface area contributed by atoms with Crippen molar-refractivity contribution in [2.75, 3.05) is 39.1 Å². The number of likely N-dealkylation sites (N-methyl/N-ethyl adjacent to an activating group) is 2. The summed E-state index contributed by atoms with van der Waals surface area (Å²) in [7, 11) is 6.13. The average Bonchev–Trinajstić information content (AvgIpc) is 2.25. The molecule has 3 nitrogen and oxygen atoms in total. The van der Waals surface area contributed by atoms with Crippen molar-refractivity contribution in [3.63, 3.8) is 0 Å². The number of nitriles is 1. The van der Waals surface area contributed by atoms with Crippen LogP contribution in [-0.2, 0) is 0 Å². The number of anilines is 1. The van der Waals surface area contributed by atoms with Crippen molar-refractivity contribution < 1.29 is 0 Å². The average molecular weight is 217 g/mol. The minimum Gasteiger partial charge on any atom is -0.372 e. The van der Waals surface area contributed by atoms with Gasteiger partial charge in [0.15, 0.2) is 0 Å². The van der Waals surface area contributed by atoms with E-state index in [1.165, 1.54) is 5.56 Å². The van der Waals surface area contributed by atoms with Crippen LogP contribution in [0, 0.1) is 18.3 Å². The fraction of sp³-hybridized carbons (Fsp3) is 0.462. The molecule has 0 saturated carbocycles. The Bertz CT molecular complexity index is 391. The molecule has 0 aromatic heterocycles. The van der Waals surface area contributed by atoms with Gasteiger partial charge in [-0.25, -0.2) is 0 Å². The van der Waals surface area contributed by atoms with Crippen molar-refractivity contribution in [3.8, 4) is 6.07 Å². The Morgan fingerprint density at radius 2 is 1.88 bits per heavy atom. The molecule has 0 aliphatic heterocycles. The summed E-state index contributed by atoms with van der Waals surface area (Å²) in [5.41, 5.74) is 2.95. The lowest BCUT2D eigenvalue weighted by molar-refractivity contribution is 0.416. The molecule has 0 aliphatic carbocycles. The second-order valence-electron chi connectivity index (χ2n) is 4.36. The van der Waals surface area contributed by atoms with E-state index in [2.05, 4.69) is 36.0 Å². The quantitative estimate of drug-likeness (QED) is 0.771. The van der Waals surface area contributed by atoms with Crippen LogP contribution in [-0.4, -0.2) is 39.1 Å². The Hall–Kier alpha value is -1.53. The first kappa shape index (κ1) is 12.5. The van der Waals surface area contributed by atoms with Crippen LogP contribution in [0.25, 0.3) is 0 Å². The lowest BCUT2D eigenvalue weighted by Gasteiger charge is -2.22. The van der Waals surface area contributed by atoms with Gasteiger partial charge in [-0.15, -0.1) is 0 Å². The van der Waals surface area contributed by atoms with Crippen LogP contribution in [0.1, 0.15) is 11.1 Å². The van der Waals surface area contributed by atoms with Gasteiger partial charge in [0.05, 0.1) is 11.3 Å². The first-order valence-electron chi connectivity index (χ1n) is 5.41. The summed E-state index contributed by atoms with van der Waals surface area (Å²) >= 11 is 0. The van der Waals surface area contributed by atoms with E-state index >= 15 is 0 Å². The Kier molecular flexibility index (Phi) is 4.33. The van der Waals surface area contributed by atoms with E-state index < -0.39 is 0 Å². The third kappa shape index (κ3) is 3.25. The monoisotopic (exact) mass is 217 g/mol. The maximum absolute atomic E-state index is 9.05. The highest BCUT2D eigenvalue weighted by Crippen LogP contribution is 2.20. The molecule has 1 aromatic carbocycles. The van der Waals surface area contributed by atoms with Crippen molar-refractivity contribution in [2.45, 2.75) is 6.92 Å². The molecule has 0 fully saturated rings. The molecule has 1 rings (SSSR count). The number of benzene rings is 1. The second kappa shape index (κ2) is 5.53. The van der Waals surface area contributed by atoms with Crippen LogP contribution < -0.4 is 4.90 Å². The van der Waals surface area contributed by atoms with Crippen LogP contribution in [0.4, 0.5) is 5.69 Å². The van der Waals surface area contributed by atoms with Gasteiger partial charge in [-0.05, 0) is 38.7 Å². The summed E-state index contributed by atoms with van der Waals surface area (Å²) in [5, 5.41) is 9.05. The predicted octanol–water partition coefficient (Wildman–Crippen LogP) is 1.86. The number of aryl methyl sites for hydroxylation is 1. The van der Waals surface area contributed by atoms with E-state index in [9.17, 15) is 0 Å². The highest BCUT2D eigenvalue weighted by atomic mass is 15.2. The minimum absolute atomic E-state index is 0.742. The molecule has 1 aromatic rings. The van der Waals surface area contributed by atoms with Crippen LogP contribution in [0.15, 0.2) is 18.2 Å². The molecule has 0 heterocycles. The van der Waals surface area contributed by atoms with Crippen LogP contribution in [0.5, 0.6) is 0 Å². The molecule has 0 atom stereocenters. The van der Waals surface area contributed by atoms with Crippen LogP contribution >= 0.6 is 0 Å². The number of hydrogen-bond donors (Lipinski definition) is 0. The zero-order chi connectivity index (χ0) is 12.1. The van der Waals surface area contributed by atoms with Crippen LogP contribution in [0.3, 0.4) is 0 Å². The minimum atomic E-state index is 0.742. The number of nitrogens with zero attached hydrogens (tertiary/aromatic N) is 3. The number of rotatable bonds is 4. The normalized spacial score (nSPS) is 10.2. The summed E-state index contributed by atoms with van der Waals surface area (Å²) < 4.78 is 0. The van der Waals surface area contributed by atoms with E-state index in [1.807, 2.05) is 26.1 Å². The smallest absolute Gasteiger partial charge is 0.101 e. The Morgan fingerprint density at radius 1 is 1.19 bits per heavy atom. The van der Waals surface area contributed by atoms with E-state index in [0.717, 1.165) is 24.3 Å². The fourth-order valence-corrected chi connectivity index (χ4v) is 1.52. The van der Waals surface area contributed by atoms with Crippen molar-refractivity contribution >= 4 is 5.69 Å². The SMILES string of the molecule is Cc1ccc(C#N)c(N(C)CCN(C)C)c1. The first-order valence-corrected chi connectivity index (χ1v) is 5.41. The van der Waals surface area contributed by atoms with Gasteiger partial charge in [0.25, 0.3) is 0 Å². The Morgan fingerprint density at radius 3 is 2.44 bits per heavy atom. The highest BCUT2D eigenvalue weighted by Gasteiger charge is 2.07. The predicted molar refractivity (Wildman–Crippen MR) is 67.7 cm³/mol. The summed E-state index contributed by atoms with van der Waals surface area (Å²) in [6.45, 7) is 3.95. The molecule has 86 valence electrons. The third-order valence-electron chi connectivity index (χ3n) is 2.57. The molecule has 0 saturated heterocycles. The molecule has 0 spiro atoms. The molecule has 0 aliphatic rings. The summed E-state index contributed by atoms with van der Waals surface area (Å²) in [6.07, 6.45) is 0. The Balaban J connectivity index is 2.85. The van der Waals surface area contributed by atoms with Gasteiger partial charge in [0.1, 0.15) is 6.07 Å². The van der Waals surface area contributed by atoms with Gasteiger partial charge >= 0.3 is 0 Å². The molecule has 0 amide bonds. The maximum atomic E-state index is 9.05. The number of hydrogen-bond acceptors (Lipinski definition) is 3. The molecular weight excluding hydrogens is 198 g/mol. The largest absolute Gasteiger partial charge is 0.372 e. The van der Waals surface area contributed by atoms with Crippen molar-refractivity contribution in [1.82, 2.24) is 4.90 Å². The second-order valence-corrected chi connectivity index (χ2v) is 4.36. The van der Waals surface area contributed by atoms with E-state index in [1.54, 1.807) is 0 Å². The van der Waals surface area contributed by atoms with Gasteiger partial charge in [-0.1, -0.05) is 6.07 Å². The molecule has 16 heavy (non-hydrogen) atoms. The van der Waals surface area contributed by atoms with Crippen LogP contribution in [0.2, 0.25) is 0 Å². The van der Waals surface area contributed by atoms with Crippen molar-refractivity contribution in [1.29, 1.82) is 5.26 Å². The molecular formula is C13H19N3. The highest BCUT2D eigenvalue weighted by molar-refractivity contribution is 5.60. The Labute approximate surface area is 97.9 Å². The molecule has 0 unspecified atom stereocenters. The van der Waals surface area contributed by atoms with E-state index in [4.69, 9.17) is 5.26 Å². The fourth-order valence-electron chi connectivity index (χ4n) is 1.52. The standard InChI is InChI=1S/C13H19N3/c1-11-5-6-12(10-14)13(9-11)16(4)8-7-15(2)3/h5-6,9H,7-8H2,1-4H3. The third-order valence-corrected chi connectivity index (χ3v) is 2.57. The summed E-state index contributed by atoms with van der Waals surface area (Å²) in [5.74, 6) is 0. The first-order chi connectivity index (χ1) is 7.54. The van der Waals surface area contributed by atoms with E-state index in [0.29, 0.717) is 0 Å². The summed E-state index contributed by atoms with van der Waals surface area (Å²) in [6, 6.07) is 8.16. The summed E-state index contributed by atoms with van der Waals surface area (Å²) in [4.78, 5) is 4.27. The molecule has 3 heteroatoms. The lowest BCUT2D eigenvalue weighted by Crippen LogP contribution is -2.28. The van der Waals surface area contributed by atoms with Gasteiger partial charge < -0.3 is 9.80 Å². The maximum Gasteiger partial charge on any atom is 0.101 e. The van der Waals surface area contributed by atoms with E-state index in [-0.39, 0.29) is 0 Å².